The molecule has 168 valence electrons. The average molecular weight is 440 g/mol. The van der Waals surface area contributed by atoms with Gasteiger partial charge in [-0.3, -0.25) is 4.68 Å². The molecule has 0 saturated carbocycles. The van der Waals surface area contributed by atoms with Crippen molar-refractivity contribution >= 4 is 28.1 Å². The molecule has 0 unspecified atom stereocenters. The number of benzene rings is 1. The summed E-state index contributed by atoms with van der Waals surface area (Å²) >= 11 is 0. The highest BCUT2D eigenvalue weighted by Crippen LogP contribution is 2.26. The van der Waals surface area contributed by atoms with E-state index in [2.05, 4.69) is 74.1 Å². The van der Waals surface area contributed by atoms with E-state index in [4.69, 9.17) is 0 Å². The Bertz CT molecular complexity index is 1290. The van der Waals surface area contributed by atoms with Crippen LogP contribution >= 0.6 is 0 Å². The second-order valence-corrected chi connectivity index (χ2v) is 8.68. The molecule has 4 aromatic rings. The Kier molecular flexibility index (Phi) is 5.79. The first-order chi connectivity index (χ1) is 16.0. The number of nitrogens with one attached hydrogen (secondary N) is 1. The Morgan fingerprint density at radius 2 is 1.82 bits per heavy atom. The van der Waals surface area contributed by atoms with Crippen LogP contribution in [0.2, 0.25) is 0 Å². The number of aromatic nitrogens is 4. The number of fused-ring (bicyclic) bond motifs is 1. The van der Waals surface area contributed by atoms with Crippen LogP contribution in [0.4, 0.5) is 11.6 Å². The molecule has 0 amide bonds. The summed E-state index contributed by atoms with van der Waals surface area (Å²) in [6.07, 6.45) is 8.80. The van der Waals surface area contributed by atoms with Crippen molar-refractivity contribution in [1.29, 1.82) is 0 Å². The third-order valence-corrected chi connectivity index (χ3v) is 6.18. The Balaban J connectivity index is 1.35. The molecule has 7 heteroatoms. The van der Waals surface area contributed by atoms with E-state index in [1.807, 2.05) is 42.6 Å². The molecule has 5 rings (SSSR count). The van der Waals surface area contributed by atoms with Gasteiger partial charge in [-0.15, -0.1) is 0 Å². The van der Waals surface area contributed by atoms with Gasteiger partial charge in [0, 0.05) is 67.5 Å². The van der Waals surface area contributed by atoms with E-state index in [0.717, 1.165) is 77.4 Å². The lowest BCUT2D eigenvalue weighted by atomic mass is 10.0. The third kappa shape index (κ3) is 4.73. The molecule has 7 nitrogen and oxygen atoms in total. The van der Waals surface area contributed by atoms with Crippen molar-refractivity contribution < 1.29 is 0 Å². The molecule has 1 aliphatic rings. The van der Waals surface area contributed by atoms with Gasteiger partial charge < -0.3 is 15.1 Å². The minimum Gasteiger partial charge on any atom is -0.355 e. The minimum absolute atomic E-state index is 0.769. The van der Waals surface area contributed by atoms with E-state index in [9.17, 15) is 0 Å². The number of likely N-dealkylation sites (N-methyl/N-ethyl adjacent to an activating group) is 1. The van der Waals surface area contributed by atoms with Gasteiger partial charge in [-0.25, -0.2) is 9.97 Å². The number of anilines is 2. The normalized spacial score (nSPS) is 14.9. The Labute approximate surface area is 194 Å². The lowest BCUT2D eigenvalue weighted by Gasteiger charge is -2.22. The van der Waals surface area contributed by atoms with Crippen LogP contribution in [0.15, 0.2) is 67.8 Å². The smallest absolute Gasteiger partial charge is 0.130 e. The van der Waals surface area contributed by atoms with Crippen LogP contribution in [-0.2, 0) is 7.05 Å². The molecule has 1 N–H and O–H groups in total. The van der Waals surface area contributed by atoms with E-state index >= 15 is 0 Å². The lowest BCUT2D eigenvalue weighted by molar-refractivity contribution is 0.360. The van der Waals surface area contributed by atoms with Gasteiger partial charge >= 0.3 is 0 Å². The molecule has 1 aromatic carbocycles. The standard InChI is InChI=1S/C26H29N7/c1-19(20-7-8-27-26(15-20)33-10-4-9-31(2)11-12-33)30-25-14-23-13-21(5-6-22(23)16-28-25)24-17-29-32(3)18-24/h5-8,13-18H,1,4,9-12H2,2-3H3,(H,28,30). The van der Waals surface area contributed by atoms with Crippen LogP contribution in [-0.4, -0.2) is 57.9 Å². The SMILES string of the molecule is C=C(Nc1cc2cc(-c3cnn(C)c3)ccc2cn1)c1ccnc(N2CCCN(C)CC2)c1. The summed E-state index contributed by atoms with van der Waals surface area (Å²) in [5.74, 6) is 1.77. The van der Waals surface area contributed by atoms with Crippen LogP contribution in [0.5, 0.6) is 0 Å². The summed E-state index contributed by atoms with van der Waals surface area (Å²) in [5, 5.41) is 9.88. The van der Waals surface area contributed by atoms with Gasteiger partial charge in [0.15, 0.2) is 0 Å². The van der Waals surface area contributed by atoms with Gasteiger partial charge in [0.1, 0.15) is 11.6 Å². The molecule has 0 radical (unpaired) electrons. The largest absolute Gasteiger partial charge is 0.355 e. The molecule has 3 aromatic heterocycles. The summed E-state index contributed by atoms with van der Waals surface area (Å²) in [6, 6.07) is 12.5. The zero-order valence-corrected chi connectivity index (χ0v) is 19.2. The Hall–Kier alpha value is -3.71. The monoisotopic (exact) mass is 439 g/mol. The van der Waals surface area contributed by atoms with Crippen LogP contribution in [0, 0.1) is 0 Å². The average Bonchev–Trinajstić information content (AvgIpc) is 3.15. The van der Waals surface area contributed by atoms with Crippen molar-refractivity contribution in [1.82, 2.24) is 24.6 Å². The van der Waals surface area contributed by atoms with E-state index < -0.39 is 0 Å². The maximum absolute atomic E-state index is 4.62. The van der Waals surface area contributed by atoms with Gasteiger partial charge in [0.2, 0.25) is 0 Å². The molecule has 1 fully saturated rings. The summed E-state index contributed by atoms with van der Waals surface area (Å²) in [7, 11) is 4.10. The first kappa shape index (κ1) is 21.2. The van der Waals surface area contributed by atoms with Gasteiger partial charge in [-0.05, 0) is 55.2 Å². The number of hydrogen-bond donors (Lipinski definition) is 1. The maximum Gasteiger partial charge on any atom is 0.130 e. The molecular weight excluding hydrogens is 410 g/mol. The number of nitrogens with zero attached hydrogens (tertiary/aromatic N) is 6. The van der Waals surface area contributed by atoms with Gasteiger partial charge in [0.25, 0.3) is 0 Å². The number of pyridine rings is 2. The van der Waals surface area contributed by atoms with Crippen LogP contribution in [0.25, 0.3) is 27.6 Å². The zero-order chi connectivity index (χ0) is 22.8. The number of aryl methyl sites for hydroxylation is 1. The zero-order valence-electron chi connectivity index (χ0n) is 19.2. The summed E-state index contributed by atoms with van der Waals surface area (Å²) in [5.41, 5.74) is 4.05. The molecular formula is C26H29N7. The van der Waals surface area contributed by atoms with Crippen LogP contribution in [0.3, 0.4) is 0 Å². The second-order valence-electron chi connectivity index (χ2n) is 8.68. The quantitative estimate of drug-likeness (QED) is 0.502. The first-order valence-electron chi connectivity index (χ1n) is 11.3. The van der Waals surface area contributed by atoms with E-state index in [1.54, 1.807) is 0 Å². The van der Waals surface area contributed by atoms with E-state index in [0.29, 0.717) is 0 Å². The summed E-state index contributed by atoms with van der Waals surface area (Å²) in [4.78, 5) is 13.9. The van der Waals surface area contributed by atoms with Crippen molar-refractivity contribution in [3.63, 3.8) is 0 Å². The first-order valence-corrected chi connectivity index (χ1v) is 11.3. The van der Waals surface area contributed by atoms with Gasteiger partial charge in [0.05, 0.1) is 6.20 Å². The van der Waals surface area contributed by atoms with Gasteiger partial charge in [-0.2, -0.15) is 5.10 Å². The molecule has 4 heterocycles. The number of hydrogen-bond acceptors (Lipinski definition) is 6. The fraction of sp³-hybridized carbons (Fsp3) is 0.269. The van der Waals surface area contributed by atoms with Crippen molar-refractivity contribution in [3.8, 4) is 11.1 Å². The summed E-state index contributed by atoms with van der Waals surface area (Å²) < 4.78 is 1.82. The van der Waals surface area contributed by atoms with E-state index in [-0.39, 0.29) is 0 Å². The minimum atomic E-state index is 0.769. The maximum atomic E-state index is 4.62. The van der Waals surface area contributed by atoms with Gasteiger partial charge in [-0.1, -0.05) is 18.7 Å². The topological polar surface area (TPSA) is 62.1 Å². The fourth-order valence-corrected chi connectivity index (χ4v) is 4.24. The van der Waals surface area contributed by atoms with Crippen molar-refractivity contribution in [2.45, 2.75) is 6.42 Å². The Morgan fingerprint density at radius 1 is 0.909 bits per heavy atom. The van der Waals surface area contributed by atoms with Crippen molar-refractivity contribution in [3.05, 3.63) is 73.3 Å². The second kappa shape index (κ2) is 9.03. The third-order valence-electron chi connectivity index (χ3n) is 6.18. The van der Waals surface area contributed by atoms with Crippen LogP contribution < -0.4 is 10.2 Å². The highest BCUT2D eigenvalue weighted by molar-refractivity contribution is 5.89. The highest BCUT2D eigenvalue weighted by atomic mass is 15.2. The van der Waals surface area contributed by atoms with Crippen LogP contribution in [0.1, 0.15) is 12.0 Å². The number of rotatable bonds is 5. The molecule has 1 saturated heterocycles. The fourth-order valence-electron chi connectivity index (χ4n) is 4.24. The molecule has 0 atom stereocenters. The van der Waals surface area contributed by atoms with Crippen molar-refractivity contribution in [2.24, 2.45) is 7.05 Å². The lowest BCUT2D eigenvalue weighted by Crippen LogP contribution is -2.29. The summed E-state index contributed by atoms with van der Waals surface area (Å²) in [6.45, 7) is 8.45. The molecule has 33 heavy (non-hydrogen) atoms. The van der Waals surface area contributed by atoms with E-state index in [1.165, 1.54) is 0 Å². The highest BCUT2D eigenvalue weighted by Gasteiger charge is 2.14. The molecule has 0 bridgehead atoms. The molecule has 0 aliphatic carbocycles. The van der Waals surface area contributed by atoms with Crippen molar-refractivity contribution in [2.75, 3.05) is 43.4 Å². The molecule has 0 spiro atoms. The predicted molar refractivity (Wildman–Crippen MR) is 135 cm³/mol. The predicted octanol–water partition coefficient (Wildman–Crippen LogP) is 4.26. The Morgan fingerprint density at radius 3 is 2.67 bits per heavy atom. The molecule has 1 aliphatic heterocycles.